The molecule has 0 radical (unpaired) electrons. The summed E-state index contributed by atoms with van der Waals surface area (Å²) in [5.41, 5.74) is 7.95. The van der Waals surface area contributed by atoms with Crippen LogP contribution in [-0.4, -0.2) is 24.7 Å². The van der Waals surface area contributed by atoms with Crippen LogP contribution < -0.4 is 15.2 Å². The van der Waals surface area contributed by atoms with Gasteiger partial charge >= 0.3 is 0 Å². The van der Waals surface area contributed by atoms with Crippen molar-refractivity contribution >= 4 is 10.9 Å². The van der Waals surface area contributed by atoms with E-state index in [1.807, 2.05) is 30.3 Å². The average Bonchev–Trinajstić information content (AvgIpc) is 3.06. The van der Waals surface area contributed by atoms with Crippen LogP contribution in [0.15, 0.2) is 54.7 Å². The van der Waals surface area contributed by atoms with Crippen molar-refractivity contribution in [3.8, 4) is 11.5 Å². The van der Waals surface area contributed by atoms with Gasteiger partial charge in [0.25, 0.3) is 0 Å². The molecule has 3 N–H and O–H groups in total. The maximum atomic E-state index is 5.98. The maximum absolute atomic E-state index is 5.98. The van der Waals surface area contributed by atoms with Crippen molar-refractivity contribution in [3.63, 3.8) is 0 Å². The minimum atomic E-state index is 0.620. The molecule has 0 aliphatic carbocycles. The van der Waals surface area contributed by atoms with Crippen LogP contribution in [0, 0.1) is 0 Å². The van der Waals surface area contributed by atoms with E-state index in [9.17, 15) is 0 Å². The van der Waals surface area contributed by atoms with Crippen LogP contribution in [0.25, 0.3) is 10.9 Å². The van der Waals surface area contributed by atoms with Gasteiger partial charge in [-0.1, -0.05) is 30.3 Å². The van der Waals surface area contributed by atoms with Gasteiger partial charge in [0, 0.05) is 23.5 Å². The number of nitrogens with two attached hydrogens (primary N) is 1. The van der Waals surface area contributed by atoms with Crippen molar-refractivity contribution in [1.29, 1.82) is 0 Å². The van der Waals surface area contributed by atoms with Gasteiger partial charge in [-0.25, -0.2) is 0 Å². The van der Waals surface area contributed by atoms with Crippen molar-refractivity contribution in [2.24, 2.45) is 5.73 Å². The number of benzene rings is 2. The highest BCUT2D eigenvalue weighted by Gasteiger charge is 2.06. The molecule has 4 heteroatoms. The van der Waals surface area contributed by atoms with Crippen LogP contribution in [0.3, 0.4) is 0 Å². The lowest BCUT2D eigenvalue weighted by molar-refractivity contribution is 0.265. The first kappa shape index (κ1) is 17.4. The van der Waals surface area contributed by atoms with Gasteiger partial charge in [-0.2, -0.15) is 0 Å². The van der Waals surface area contributed by atoms with Crippen molar-refractivity contribution in [2.45, 2.75) is 25.7 Å². The average molecular weight is 338 g/mol. The van der Waals surface area contributed by atoms with Crippen LogP contribution in [0.2, 0.25) is 0 Å². The van der Waals surface area contributed by atoms with Gasteiger partial charge < -0.3 is 20.2 Å². The topological polar surface area (TPSA) is 60.3 Å². The number of rotatable bonds is 10. The molecule has 0 bridgehead atoms. The van der Waals surface area contributed by atoms with E-state index < -0.39 is 0 Å². The normalized spacial score (nSPS) is 10.9. The fraction of sp³-hybridized carbons (Fsp3) is 0.333. The molecule has 0 unspecified atom stereocenters. The van der Waals surface area contributed by atoms with Crippen LogP contribution in [-0.2, 0) is 6.42 Å². The second kappa shape index (κ2) is 9.14. The molecule has 0 aliphatic heterocycles. The van der Waals surface area contributed by atoms with Crippen LogP contribution in [0.4, 0.5) is 0 Å². The van der Waals surface area contributed by atoms with E-state index in [0.717, 1.165) is 43.7 Å². The van der Waals surface area contributed by atoms with E-state index in [4.69, 9.17) is 15.2 Å². The van der Waals surface area contributed by atoms with Crippen molar-refractivity contribution in [3.05, 3.63) is 60.3 Å². The molecule has 25 heavy (non-hydrogen) atoms. The van der Waals surface area contributed by atoms with Gasteiger partial charge in [0.1, 0.15) is 0 Å². The minimum Gasteiger partial charge on any atom is -0.490 e. The fourth-order valence-corrected chi connectivity index (χ4v) is 2.90. The van der Waals surface area contributed by atoms with Gasteiger partial charge in [-0.15, -0.1) is 0 Å². The second-order valence-electron chi connectivity index (χ2n) is 6.10. The lowest BCUT2D eigenvalue weighted by atomic mass is 10.1. The van der Waals surface area contributed by atoms with E-state index in [1.165, 1.54) is 16.5 Å². The molecule has 1 heterocycles. The number of H-pyrrole nitrogens is 1. The van der Waals surface area contributed by atoms with Gasteiger partial charge in [-0.3, -0.25) is 0 Å². The monoisotopic (exact) mass is 338 g/mol. The number of aromatic nitrogens is 1. The number of unbranched alkanes of at least 4 members (excludes halogenated alkanes) is 2. The van der Waals surface area contributed by atoms with E-state index in [1.54, 1.807) is 0 Å². The van der Waals surface area contributed by atoms with E-state index in [2.05, 4.69) is 29.4 Å². The minimum absolute atomic E-state index is 0.620. The molecule has 0 atom stereocenters. The Morgan fingerprint density at radius 3 is 2.32 bits per heavy atom. The lowest BCUT2D eigenvalue weighted by Crippen LogP contribution is -2.05. The molecule has 0 saturated carbocycles. The SMILES string of the molecule is NCCCCCOc1ccccc1OCCc1c[nH]c2ccccc12. The number of nitrogens with one attached hydrogen (secondary N) is 1. The number of aromatic amines is 1. The molecule has 0 aliphatic rings. The number of hydrogen-bond donors (Lipinski definition) is 2. The Kier molecular flexibility index (Phi) is 6.35. The second-order valence-corrected chi connectivity index (χ2v) is 6.10. The first-order valence-electron chi connectivity index (χ1n) is 8.98. The number of hydrogen-bond acceptors (Lipinski definition) is 3. The first-order valence-corrected chi connectivity index (χ1v) is 8.98. The third kappa shape index (κ3) is 4.77. The number of fused-ring (bicyclic) bond motifs is 1. The smallest absolute Gasteiger partial charge is 0.161 e. The Bertz CT molecular complexity index is 782. The summed E-state index contributed by atoms with van der Waals surface area (Å²) >= 11 is 0. The first-order chi connectivity index (χ1) is 12.4. The molecule has 3 rings (SSSR count). The Labute approximate surface area is 149 Å². The summed E-state index contributed by atoms with van der Waals surface area (Å²) in [5.74, 6) is 1.62. The molecule has 0 fully saturated rings. The van der Waals surface area contributed by atoms with Gasteiger partial charge in [0.15, 0.2) is 11.5 Å². The van der Waals surface area contributed by atoms with Crippen molar-refractivity contribution in [2.75, 3.05) is 19.8 Å². The summed E-state index contributed by atoms with van der Waals surface area (Å²) in [6.45, 7) is 2.06. The van der Waals surface area contributed by atoms with Gasteiger partial charge in [0.05, 0.1) is 13.2 Å². The Hall–Kier alpha value is -2.46. The van der Waals surface area contributed by atoms with Gasteiger partial charge in [-0.05, 0) is 49.6 Å². The van der Waals surface area contributed by atoms with Crippen LogP contribution in [0.1, 0.15) is 24.8 Å². The number of ether oxygens (including phenoxy) is 2. The molecule has 0 amide bonds. The molecular formula is C21H26N2O2. The van der Waals surface area contributed by atoms with Crippen LogP contribution >= 0.6 is 0 Å². The predicted octanol–water partition coefficient (Wildman–Crippen LogP) is 4.30. The molecule has 2 aromatic carbocycles. The third-order valence-corrected chi connectivity index (χ3v) is 4.26. The summed E-state index contributed by atoms with van der Waals surface area (Å²) in [6, 6.07) is 16.2. The Morgan fingerprint density at radius 2 is 1.52 bits per heavy atom. The summed E-state index contributed by atoms with van der Waals surface area (Å²) in [7, 11) is 0. The zero-order valence-electron chi connectivity index (χ0n) is 14.5. The van der Waals surface area contributed by atoms with Gasteiger partial charge in [0.2, 0.25) is 0 Å². The predicted molar refractivity (Wildman–Crippen MR) is 102 cm³/mol. The van der Waals surface area contributed by atoms with E-state index in [-0.39, 0.29) is 0 Å². The largest absolute Gasteiger partial charge is 0.490 e. The van der Waals surface area contributed by atoms with Crippen LogP contribution in [0.5, 0.6) is 11.5 Å². The quantitative estimate of drug-likeness (QED) is 0.542. The Morgan fingerprint density at radius 1 is 0.800 bits per heavy atom. The maximum Gasteiger partial charge on any atom is 0.161 e. The molecule has 0 spiro atoms. The highest BCUT2D eigenvalue weighted by molar-refractivity contribution is 5.83. The summed E-state index contributed by atoms with van der Waals surface area (Å²) < 4.78 is 11.8. The van der Waals surface area contributed by atoms with Crippen molar-refractivity contribution < 1.29 is 9.47 Å². The summed E-state index contributed by atoms with van der Waals surface area (Å²) in [4.78, 5) is 3.30. The third-order valence-electron chi connectivity index (χ3n) is 4.26. The molecule has 4 nitrogen and oxygen atoms in total. The highest BCUT2D eigenvalue weighted by atomic mass is 16.5. The highest BCUT2D eigenvalue weighted by Crippen LogP contribution is 2.27. The lowest BCUT2D eigenvalue weighted by Gasteiger charge is -2.12. The van der Waals surface area contributed by atoms with E-state index >= 15 is 0 Å². The Balaban J connectivity index is 1.52. The molecular weight excluding hydrogens is 312 g/mol. The fourth-order valence-electron chi connectivity index (χ4n) is 2.90. The number of para-hydroxylation sites is 3. The standard InChI is InChI=1S/C21H26N2O2/c22-13-6-1-7-14-24-20-10-4-5-11-21(20)25-15-12-17-16-23-19-9-3-2-8-18(17)19/h2-5,8-11,16,23H,1,6-7,12-15,22H2. The van der Waals surface area contributed by atoms with E-state index in [0.29, 0.717) is 13.2 Å². The zero-order chi connectivity index (χ0) is 17.3. The molecule has 132 valence electrons. The summed E-state index contributed by atoms with van der Waals surface area (Å²) in [5, 5.41) is 1.26. The zero-order valence-corrected chi connectivity index (χ0v) is 14.5. The molecule has 1 aromatic heterocycles. The summed E-state index contributed by atoms with van der Waals surface area (Å²) in [6.07, 6.45) is 6.08. The van der Waals surface area contributed by atoms with Crippen molar-refractivity contribution in [1.82, 2.24) is 4.98 Å². The molecule has 3 aromatic rings. The molecule has 0 saturated heterocycles.